The Morgan fingerprint density at radius 2 is 1.57 bits per heavy atom. The quantitative estimate of drug-likeness (QED) is 0.564. The van der Waals surface area contributed by atoms with E-state index in [1.54, 1.807) is 0 Å². The van der Waals surface area contributed by atoms with Crippen molar-refractivity contribution in [3.63, 3.8) is 0 Å². The highest BCUT2D eigenvalue weighted by Gasteiger charge is 2.06. The minimum atomic E-state index is -0.104. The first kappa shape index (κ1) is 13.9. The fraction of sp³-hybridized carbons (Fsp3) is 1.00. The molecule has 0 saturated carbocycles. The average Bonchev–Trinajstić information content (AvgIpc) is 2.22. The highest BCUT2D eigenvalue weighted by atomic mass is 16.3. The molecule has 2 N–H and O–H groups in total. The zero-order valence-electron chi connectivity index (χ0n) is 9.71. The van der Waals surface area contributed by atoms with E-state index in [2.05, 4.69) is 6.92 Å². The number of hydrogen-bond acceptors (Lipinski definition) is 2. The second-order valence-corrected chi connectivity index (χ2v) is 4.13. The molecular formula is C12H26O2. The Morgan fingerprint density at radius 1 is 0.929 bits per heavy atom. The fourth-order valence-corrected chi connectivity index (χ4v) is 1.75. The SMILES string of the molecule is CCC(O)CCCCC(CC)CCO. The molecule has 0 aromatic rings. The van der Waals surface area contributed by atoms with Crippen molar-refractivity contribution in [3.8, 4) is 0 Å². The lowest BCUT2D eigenvalue weighted by Gasteiger charge is -2.13. The molecule has 2 unspecified atom stereocenters. The molecule has 14 heavy (non-hydrogen) atoms. The van der Waals surface area contributed by atoms with E-state index >= 15 is 0 Å². The molecule has 0 rings (SSSR count). The second kappa shape index (κ2) is 9.47. The Labute approximate surface area is 88.3 Å². The maximum Gasteiger partial charge on any atom is 0.0537 e. The van der Waals surface area contributed by atoms with Gasteiger partial charge in [0.25, 0.3) is 0 Å². The van der Waals surface area contributed by atoms with E-state index in [-0.39, 0.29) is 6.10 Å². The van der Waals surface area contributed by atoms with E-state index in [4.69, 9.17) is 5.11 Å². The summed E-state index contributed by atoms with van der Waals surface area (Å²) in [6.07, 6.45) is 7.32. The number of hydrogen-bond donors (Lipinski definition) is 2. The van der Waals surface area contributed by atoms with Crippen LogP contribution in [0.25, 0.3) is 0 Å². The van der Waals surface area contributed by atoms with Gasteiger partial charge in [0, 0.05) is 6.61 Å². The van der Waals surface area contributed by atoms with Crippen molar-refractivity contribution in [1.82, 2.24) is 0 Å². The molecule has 0 aliphatic heterocycles. The summed E-state index contributed by atoms with van der Waals surface area (Å²) in [5, 5.41) is 18.2. The number of aliphatic hydroxyl groups excluding tert-OH is 2. The molecule has 86 valence electrons. The Hall–Kier alpha value is -0.0800. The fourth-order valence-electron chi connectivity index (χ4n) is 1.75. The van der Waals surface area contributed by atoms with Crippen LogP contribution in [0.4, 0.5) is 0 Å². The normalized spacial score (nSPS) is 15.4. The molecule has 0 amide bonds. The van der Waals surface area contributed by atoms with Gasteiger partial charge in [0.2, 0.25) is 0 Å². The molecule has 2 heteroatoms. The van der Waals surface area contributed by atoms with Crippen molar-refractivity contribution in [2.75, 3.05) is 6.61 Å². The van der Waals surface area contributed by atoms with Crippen LogP contribution in [0.5, 0.6) is 0 Å². The summed E-state index contributed by atoms with van der Waals surface area (Å²) in [6.45, 7) is 4.52. The lowest BCUT2D eigenvalue weighted by atomic mass is 9.95. The van der Waals surface area contributed by atoms with Crippen LogP contribution >= 0.6 is 0 Å². The minimum absolute atomic E-state index is 0.104. The molecule has 0 fully saturated rings. The predicted octanol–water partition coefficient (Wildman–Crippen LogP) is 2.73. The van der Waals surface area contributed by atoms with Gasteiger partial charge < -0.3 is 10.2 Å². The maximum absolute atomic E-state index is 9.34. The molecule has 0 aliphatic rings. The topological polar surface area (TPSA) is 40.5 Å². The first-order valence-electron chi connectivity index (χ1n) is 6.03. The van der Waals surface area contributed by atoms with E-state index in [1.165, 1.54) is 12.8 Å². The third-order valence-corrected chi connectivity index (χ3v) is 2.99. The summed E-state index contributed by atoms with van der Waals surface area (Å²) in [7, 11) is 0. The smallest absolute Gasteiger partial charge is 0.0537 e. The van der Waals surface area contributed by atoms with Crippen LogP contribution in [0, 0.1) is 5.92 Å². The molecule has 2 nitrogen and oxygen atoms in total. The lowest BCUT2D eigenvalue weighted by molar-refractivity contribution is 0.155. The summed E-state index contributed by atoms with van der Waals surface area (Å²) in [6, 6.07) is 0. The first-order chi connectivity index (χ1) is 6.74. The summed E-state index contributed by atoms with van der Waals surface area (Å²) < 4.78 is 0. The lowest BCUT2D eigenvalue weighted by Crippen LogP contribution is -2.05. The van der Waals surface area contributed by atoms with Gasteiger partial charge in [0.05, 0.1) is 6.10 Å². The Kier molecular flexibility index (Phi) is 9.42. The van der Waals surface area contributed by atoms with Crippen LogP contribution in [0.2, 0.25) is 0 Å². The van der Waals surface area contributed by atoms with Gasteiger partial charge in [0.15, 0.2) is 0 Å². The van der Waals surface area contributed by atoms with E-state index < -0.39 is 0 Å². The van der Waals surface area contributed by atoms with Crippen LogP contribution < -0.4 is 0 Å². The minimum Gasteiger partial charge on any atom is -0.396 e. The van der Waals surface area contributed by atoms with E-state index in [1.807, 2.05) is 6.92 Å². The molecule has 0 heterocycles. The van der Waals surface area contributed by atoms with Crippen molar-refractivity contribution in [1.29, 1.82) is 0 Å². The molecule has 0 radical (unpaired) electrons. The largest absolute Gasteiger partial charge is 0.396 e. The van der Waals surface area contributed by atoms with Gasteiger partial charge in [-0.2, -0.15) is 0 Å². The molecule has 0 aromatic heterocycles. The molecular weight excluding hydrogens is 176 g/mol. The molecule has 0 bridgehead atoms. The Balaban J connectivity index is 3.32. The van der Waals surface area contributed by atoms with Crippen molar-refractivity contribution < 1.29 is 10.2 Å². The van der Waals surface area contributed by atoms with Gasteiger partial charge in [-0.3, -0.25) is 0 Å². The van der Waals surface area contributed by atoms with E-state index in [0.29, 0.717) is 12.5 Å². The van der Waals surface area contributed by atoms with Crippen molar-refractivity contribution >= 4 is 0 Å². The molecule has 0 aromatic carbocycles. The number of unbranched alkanes of at least 4 members (excludes halogenated alkanes) is 1. The average molecular weight is 202 g/mol. The van der Waals surface area contributed by atoms with Crippen LogP contribution in [-0.4, -0.2) is 22.9 Å². The van der Waals surface area contributed by atoms with Crippen molar-refractivity contribution in [3.05, 3.63) is 0 Å². The Bertz CT molecular complexity index is 115. The third kappa shape index (κ3) is 7.34. The molecule has 0 aliphatic carbocycles. The third-order valence-electron chi connectivity index (χ3n) is 2.99. The van der Waals surface area contributed by atoms with Gasteiger partial charge >= 0.3 is 0 Å². The zero-order chi connectivity index (χ0) is 10.8. The van der Waals surface area contributed by atoms with Gasteiger partial charge in [-0.15, -0.1) is 0 Å². The summed E-state index contributed by atoms with van der Waals surface area (Å²) in [5.41, 5.74) is 0. The molecule has 2 atom stereocenters. The van der Waals surface area contributed by atoms with Crippen LogP contribution in [0.1, 0.15) is 58.8 Å². The summed E-state index contributed by atoms with van der Waals surface area (Å²) in [4.78, 5) is 0. The standard InChI is InChI=1S/C12H26O2/c1-3-11(9-10-13)7-5-6-8-12(14)4-2/h11-14H,3-10H2,1-2H3. The molecule has 0 spiro atoms. The summed E-state index contributed by atoms with van der Waals surface area (Å²) >= 11 is 0. The Morgan fingerprint density at radius 3 is 2.07 bits per heavy atom. The zero-order valence-corrected chi connectivity index (χ0v) is 9.71. The highest BCUT2D eigenvalue weighted by molar-refractivity contribution is 4.59. The van der Waals surface area contributed by atoms with Crippen LogP contribution in [0.3, 0.4) is 0 Å². The monoisotopic (exact) mass is 202 g/mol. The molecule has 0 saturated heterocycles. The van der Waals surface area contributed by atoms with Crippen LogP contribution in [0.15, 0.2) is 0 Å². The highest BCUT2D eigenvalue weighted by Crippen LogP contribution is 2.17. The van der Waals surface area contributed by atoms with Crippen LogP contribution in [-0.2, 0) is 0 Å². The first-order valence-corrected chi connectivity index (χ1v) is 6.03. The van der Waals surface area contributed by atoms with Gasteiger partial charge in [0.1, 0.15) is 0 Å². The van der Waals surface area contributed by atoms with Gasteiger partial charge in [-0.25, -0.2) is 0 Å². The number of aliphatic hydroxyl groups is 2. The maximum atomic E-state index is 9.34. The second-order valence-electron chi connectivity index (χ2n) is 4.13. The van der Waals surface area contributed by atoms with E-state index in [0.717, 1.165) is 32.1 Å². The van der Waals surface area contributed by atoms with E-state index in [9.17, 15) is 5.11 Å². The van der Waals surface area contributed by atoms with Gasteiger partial charge in [-0.05, 0) is 25.2 Å². The number of rotatable bonds is 9. The summed E-state index contributed by atoms with van der Waals surface area (Å²) in [5.74, 6) is 0.679. The van der Waals surface area contributed by atoms with Gasteiger partial charge in [-0.1, -0.05) is 39.5 Å². The van der Waals surface area contributed by atoms with Crippen molar-refractivity contribution in [2.24, 2.45) is 5.92 Å². The van der Waals surface area contributed by atoms with Crippen molar-refractivity contribution in [2.45, 2.75) is 64.9 Å². The predicted molar refractivity (Wildman–Crippen MR) is 60.2 cm³/mol.